The SMILES string of the molecule is C=CC(=O)N1CCCC(n2nc(-c3ccc(Oc4ccccc4)cc3)c(C(N)=O)c2NC(C)=O)C1. The molecule has 1 unspecified atom stereocenters. The van der Waals surface area contributed by atoms with Crippen LogP contribution in [0.1, 0.15) is 36.2 Å². The molecule has 1 saturated heterocycles. The molecule has 0 spiro atoms. The third-order valence-electron chi connectivity index (χ3n) is 5.79. The lowest BCUT2D eigenvalue weighted by atomic mass is 10.0. The third kappa shape index (κ3) is 5.24. The number of carbonyl (C=O) groups is 3. The fraction of sp³-hybridized carbons (Fsp3) is 0.231. The molecular formula is C26H27N5O4. The number of hydrogen-bond donors (Lipinski definition) is 2. The minimum absolute atomic E-state index is 0.115. The van der Waals surface area contributed by atoms with Crippen LogP contribution >= 0.6 is 0 Å². The van der Waals surface area contributed by atoms with Crippen molar-refractivity contribution in [2.75, 3.05) is 18.4 Å². The molecule has 3 aromatic rings. The summed E-state index contributed by atoms with van der Waals surface area (Å²) in [5, 5.41) is 7.43. The van der Waals surface area contributed by atoms with E-state index in [2.05, 4.69) is 11.9 Å². The number of nitrogens with two attached hydrogens (primary N) is 1. The highest BCUT2D eigenvalue weighted by Crippen LogP contribution is 2.35. The molecule has 3 N–H and O–H groups in total. The van der Waals surface area contributed by atoms with Crippen molar-refractivity contribution >= 4 is 23.5 Å². The van der Waals surface area contributed by atoms with E-state index in [9.17, 15) is 14.4 Å². The number of nitrogens with zero attached hydrogens (tertiary/aromatic N) is 3. The fourth-order valence-corrected chi connectivity index (χ4v) is 4.21. The van der Waals surface area contributed by atoms with Crippen molar-refractivity contribution in [2.45, 2.75) is 25.8 Å². The Morgan fingerprint density at radius 3 is 2.43 bits per heavy atom. The van der Waals surface area contributed by atoms with Gasteiger partial charge in [0.1, 0.15) is 28.6 Å². The quantitative estimate of drug-likeness (QED) is 0.507. The summed E-state index contributed by atoms with van der Waals surface area (Å²) >= 11 is 0. The zero-order valence-corrected chi connectivity index (χ0v) is 19.4. The highest BCUT2D eigenvalue weighted by atomic mass is 16.5. The molecule has 35 heavy (non-hydrogen) atoms. The van der Waals surface area contributed by atoms with Gasteiger partial charge in [-0.15, -0.1) is 0 Å². The Kier molecular flexibility index (Phi) is 6.96. The summed E-state index contributed by atoms with van der Waals surface area (Å²) in [7, 11) is 0. The van der Waals surface area contributed by atoms with Crippen LogP contribution in [-0.2, 0) is 9.59 Å². The van der Waals surface area contributed by atoms with E-state index in [0.29, 0.717) is 35.8 Å². The largest absolute Gasteiger partial charge is 0.457 e. The van der Waals surface area contributed by atoms with E-state index in [1.165, 1.54) is 13.0 Å². The molecule has 9 heteroatoms. The molecule has 2 aromatic carbocycles. The lowest BCUT2D eigenvalue weighted by Crippen LogP contribution is -2.40. The Morgan fingerprint density at radius 1 is 1.11 bits per heavy atom. The highest BCUT2D eigenvalue weighted by molar-refractivity contribution is 6.06. The minimum atomic E-state index is -0.713. The minimum Gasteiger partial charge on any atom is -0.457 e. The van der Waals surface area contributed by atoms with E-state index >= 15 is 0 Å². The number of amides is 3. The maximum Gasteiger partial charge on any atom is 0.254 e. The number of para-hydroxylation sites is 1. The second-order valence-corrected chi connectivity index (χ2v) is 8.29. The Balaban J connectivity index is 1.72. The molecule has 1 aliphatic heterocycles. The van der Waals surface area contributed by atoms with Gasteiger partial charge >= 0.3 is 0 Å². The summed E-state index contributed by atoms with van der Waals surface area (Å²) in [6.07, 6.45) is 2.74. The molecule has 1 fully saturated rings. The van der Waals surface area contributed by atoms with Gasteiger partial charge in [-0.05, 0) is 55.3 Å². The van der Waals surface area contributed by atoms with Crippen molar-refractivity contribution < 1.29 is 19.1 Å². The molecule has 1 atom stereocenters. The van der Waals surface area contributed by atoms with Gasteiger partial charge in [-0.1, -0.05) is 24.8 Å². The number of ether oxygens (including phenoxy) is 1. The zero-order valence-electron chi connectivity index (χ0n) is 19.4. The van der Waals surface area contributed by atoms with Gasteiger partial charge in [0, 0.05) is 25.6 Å². The van der Waals surface area contributed by atoms with Crippen LogP contribution in [0.4, 0.5) is 5.82 Å². The Morgan fingerprint density at radius 2 is 1.80 bits per heavy atom. The van der Waals surface area contributed by atoms with E-state index in [-0.39, 0.29) is 29.2 Å². The van der Waals surface area contributed by atoms with Crippen LogP contribution in [0.5, 0.6) is 11.5 Å². The first-order chi connectivity index (χ1) is 16.9. The molecule has 4 rings (SSSR count). The number of aromatic nitrogens is 2. The number of likely N-dealkylation sites (tertiary alicyclic amines) is 1. The Bertz CT molecular complexity index is 1250. The molecule has 180 valence electrons. The monoisotopic (exact) mass is 473 g/mol. The van der Waals surface area contributed by atoms with E-state index in [0.717, 1.165) is 12.8 Å². The number of rotatable bonds is 7. The van der Waals surface area contributed by atoms with Crippen LogP contribution in [0.25, 0.3) is 11.3 Å². The summed E-state index contributed by atoms with van der Waals surface area (Å²) in [5.74, 6) is 0.296. The van der Waals surface area contributed by atoms with Crippen molar-refractivity contribution in [3.05, 3.63) is 72.8 Å². The number of benzene rings is 2. The van der Waals surface area contributed by atoms with Gasteiger partial charge in [0.05, 0.1) is 6.04 Å². The van der Waals surface area contributed by atoms with Gasteiger partial charge < -0.3 is 20.7 Å². The van der Waals surface area contributed by atoms with Gasteiger partial charge in [0.25, 0.3) is 5.91 Å². The topological polar surface area (TPSA) is 120 Å². The van der Waals surface area contributed by atoms with Crippen molar-refractivity contribution in [3.63, 3.8) is 0 Å². The predicted octanol–water partition coefficient (Wildman–Crippen LogP) is 3.75. The van der Waals surface area contributed by atoms with Crippen LogP contribution < -0.4 is 15.8 Å². The van der Waals surface area contributed by atoms with Crippen LogP contribution in [0.2, 0.25) is 0 Å². The lowest BCUT2D eigenvalue weighted by molar-refractivity contribution is -0.127. The second-order valence-electron chi connectivity index (χ2n) is 8.29. The second kappa shape index (κ2) is 10.3. The zero-order chi connectivity index (χ0) is 24.9. The predicted molar refractivity (Wildman–Crippen MR) is 132 cm³/mol. The number of nitrogens with one attached hydrogen (secondary N) is 1. The maximum atomic E-state index is 12.5. The van der Waals surface area contributed by atoms with Crippen LogP contribution in [0.15, 0.2) is 67.3 Å². The summed E-state index contributed by atoms with van der Waals surface area (Å²) in [6.45, 7) is 5.90. The fourth-order valence-electron chi connectivity index (χ4n) is 4.21. The number of primary amides is 1. The molecule has 2 heterocycles. The van der Waals surface area contributed by atoms with Crippen molar-refractivity contribution in [3.8, 4) is 22.8 Å². The molecule has 0 radical (unpaired) electrons. The molecule has 1 aromatic heterocycles. The van der Waals surface area contributed by atoms with E-state index in [1.807, 2.05) is 30.3 Å². The lowest BCUT2D eigenvalue weighted by Gasteiger charge is -2.33. The van der Waals surface area contributed by atoms with Crippen LogP contribution in [0.3, 0.4) is 0 Å². The van der Waals surface area contributed by atoms with E-state index < -0.39 is 5.91 Å². The first kappa shape index (κ1) is 23.7. The van der Waals surface area contributed by atoms with Crippen LogP contribution in [-0.4, -0.2) is 45.5 Å². The molecule has 1 aliphatic rings. The molecule has 9 nitrogen and oxygen atoms in total. The molecule has 0 aliphatic carbocycles. The molecule has 3 amide bonds. The molecule has 0 bridgehead atoms. The summed E-state index contributed by atoms with van der Waals surface area (Å²) in [6, 6.07) is 16.2. The van der Waals surface area contributed by atoms with E-state index in [1.54, 1.807) is 33.8 Å². The number of hydrogen-bond acceptors (Lipinski definition) is 5. The van der Waals surface area contributed by atoms with Crippen LogP contribution in [0, 0.1) is 0 Å². The Labute approximate surface area is 203 Å². The number of carbonyl (C=O) groups excluding carboxylic acids is 3. The third-order valence-corrected chi connectivity index (χ3v) is 5.79. The van der Waals surface area contributed by atoms with Crippen molar-refractivity contribution in [1.29, 1.82) is 0 Å². The smallest absolute Gasteiger partial charge is 0.254 e. The first-order valence-corrected chi connectivity index (χ1v) is 11.3. The van der Waals surface area contributed by atoms with E-state index in [4.69, 9.17) is 15.6 Å². The maximum absolute atomic E-state index is 12.5. The van der Waals surface area contributed by atoms with Gasteiger partial charge in [-0.3, -0.25) is 14.4 Å². The van der Waals surface area contributed by atoms with Crippen molar-refractivity contribution in [2.24, 2.45) is 5.73 Å². The van der Waals surface area contributed by atoms with Gasteiger partial charge in [-0.25, -0.2) is 4.68 Å². The summed E-state index contributed by atoms with van der Waals surface area (Å²) in [4.78, 5) is 38.4. The summed E-state index contributed by atoms with van der Waals surface area (Å²) < 4.78 is 7.45. The standard InChI is InChI=1S/C26H27N5O4/c1-3-22(33)30-15-7-8-19(16-30)31-26(28-17(2)32)23(25(27)34)24(29-31)18-11-13-21(14-12-18)35-20-9-5-4-6-10-20/h3-6,9-14,19H,1,7-8,15-16H2,2H3,(H2,27,34)(H,28,32). The van der Waals surface area contributed by atoms with Gasteiger partial charge in [-0.2, -0.15) is 5.10 Å². The number of piperidine rings is 1. The first-order valence-electron chi connectivity index (χ1n) is 11.3. The average Bonchev–Trinajstić information content (AvgIpc) is 3.23. The van der Waals surface area contributed by atoms with Crippen molar-refractivity contribution in [1.82, 2.24) is 14.7 Å². The summed E-state index contributed by atoms with van der Waals surface area (Å²) in [5.41, 5.74) is 6.85. The average molecular weight is 474 g/mol. The number of anilines is 1. The van der Waals surface area contributed by atoms with Gasteiger partial charge in [0.2, 0.25) is 11.8 Å². The normalized spacial score (nSPS) is 15.3. The van der Waals surface area contributed by atoms with Gasteiger partial charge in [0.15, 0.2) is 0 Å². The molecule has 0 saturated carbocycles. The Hall–Kier alpha value is -4.40. The molecular weight excluding hydrogens is 446 g/mol. The highest BCUT2D eigenvalue weighted by Gasteiger charge is 2.31.